The van der Waals surface area contributed by atoms with E-state index in [0.29, 0.717) is 5.82 Å². The van der Waals surface area contributed by atoms with E-state index >= 15 is 0 Å². The molecule has 0 amide bonds. The fourth-order valence-electron chi connectivity index (χ4n) is 10.1. The fourth-order valence-corrected chi connectivity index (χ4v) is 10.1. The predicted molar refractivity (Wildman–Crippen MR) is 261 cm³/mol. The highest BCUT2D eigenvalue weighted by Crippen LogP contribution is 2.42. The lowest BCUT2D eigenvalue weighted by Crippen LogP contribution is -2.10. The lowest BCUT2D eigenvalue weighted by Gasteiger charge is -2.18. The van der Waals surface area contributed by atoms with Crippen LogP contribution in [-0.4, -0.2) is 23.7 Å². The largest absolute Gasteiger partial charge is 0.309 e. The van der Waals surface area contributed by atoms with Gasteiger partial charge in [0.15, 0.2) is 5.82 Å². The van der Waals surface area contributed by atoms with Gasteiger partial charge < -0.3 is 4.57 Å². The molecule has 0 bridgehead atoms. The molecule has 63 heavy (non-hydrogen) atoms. The summed E-state index contributed by atoms with van der Waals surface area (Å²) in [6.45, 7) is 0. The molecule has 12 aromatic rings. The minimum atomic E-state index is 0.684. The van der Waals surface area contributed by atoms with Crippen LogP contribution in [0.15, 0.2) is 206 Å². The average Bonchev–Trinajstić information content (AvgIpc) is 3.99. The second-order valence-electron chi connectivity index (χ2n) is 16.5. The van der Waals surface area contributed by atoms with Gasteiger partial charge in [0.1, 0.15) is 11.6 Å². The Balaban J connectivity index is 1.06. The van der Waals surface area contributed by atoms with Crippen molar-refractivity contribution in [2.75, 3.05) is 0 Å². The van der Waals surface area contributed by atoms with Crippen molar-refractivity contribution in [2.45, 2.75) is 12.8 Å². The van der Waals surface area contributed by atoms with Crippen LogP contribution in [0, 0.1) is 0 Å². The first-order valence-electron chi connectivity index (χ1n) is 21.7. The van der Waals surface area contributed by atoms with Gasteiger partial charge in [-0.2, -0.15) is 0 Å². The average molecular weight is 806 g/mol. The zero-order chi connectivity index (χ0) is 41.4. The standard InChI is InChI=1S/C58H39N5/c1-4-16-38(17-5-1)41-28-31-53-47(34-41)48-35-42(39-18-6-2-7-19-39)29-32-54(48)63(53)57-37-56(59-58(60-57)40-20-8-3-9-21-40)62-52-27-15-12-24-46(52)49-36-43(30-33-55(49)62)61-50-25-13-10-22-44(50)45-23-11-14-26-51(45)61/h1-28,30-31,33-37H,29,32H2. The number of fused-ring (bicyclic) bond motifs is 9. The Morgan fingerprint density at radius 1 is 0.333 bits per heavy atom. The van der Waals surface area contributed by atoms with Crippen molar-refractivity contribution in [3.8, 4) is 39.8 Å². The van der Waals surface area contributed by atoms with Gasteiger partial charge in [0.2, 0.25) is 0 Å². The van der Waals surface area contributed by atoms with E-state index in [0.717, 1.165) is 52.3 Å². The highest BCUT2D eigenvalue weighted by atomic mass is 15.1. The molecule has 0 spiro atoms. The summed E-state index contributed by atoms with van der Waals surface area (Å²) in [7, 11) is 0. The van der Waals surface area contributed by atoms with Gasteiger partial charge in [-0.15, -0.1) is 0 Å². The number of rotatable bonds is 6. The first-order valence-corrected chi connectivity index (χ1v) is 21.7. The van der Waals surface area contributed by atoms with Gasteiger partial charge in [-0.3, -0.25) is 9.13 Å². The summed E-state index contributed by atoms with van der Waals surface area (Å²) in [5.74, 6) is 2.35. The molecule has 0 saturated heterocycles. The summed E-state index contributed by atoms with van der Waals surface area (Å²) >= 11 is 0. The minimum absolute atomic E-state index is 0.684. The molecule has 0 fully saturated rings. The Morgan fingerprint density at radius 3 is 1.51 bits per heavy atom. The van der Waals surface area contributed by atoms with Crippen molar-refractivity contribution in [2.24, 2.45) is 0 Å². The summed E-state index contributed by atoms with van der Waals surface area (Å²) in [5.41, 5.74) is 15.3. The third-order valence-corrected chi connectivity index (χ3v) is 13.0. The quantitative estimate of drug-likeness (QED) is 0.168. The molecule has 0 radical (unpaired) electrons. The van der Waals surface area contributed by atoms with Gasteiger partial charge in [-0.05, 0) is 89.7 Å². The lowest BCUT2D eigenvalue weighted by molar-refractivity contribution is 0.871. The Bertz CT molecular complexity index is 3720. The molecule has 13 rings (SSSR count). The predicted octanol–water partition coefficient (Wildman–Crippen LogP) is 14.4. The molecule has 0 unspecified atom stereocenters. The molecule has 5 nitrogen and oxygen atoms in total. The van der Waals surface area contributed by atoms with E-state index in [4.69, 9.17) is 9.97 Å². The molecule has 1 aliphatic carbocycles. The van der Waals surface area contributed by atoms with Crippen LogP contribution in [0.3, 0.4) is 0 Å². The molecule has 0 saturated carbocycles. The summed E-state index contributed by atoms with van der Waals surface area (Å²) in [4.78, 5) is 10.9. The molecule has 8 aromatic carbocycles. The summed E-state index contributed by atoms with van der Waals surface area (Å²) in [5, 5.41) is 6.06. The molecule has 0 aliphatic heterocycles. The van der Waals surface area contributed by atoms with Crippen LogP contribution >= 0.6 is 0 Å². The van der Waals surface area contributed by atoms with Crippen LogP contribution in [0.2, 0.25) is 0 Å². The Kier molecular flexibility index (Phi) is 7.97. The molecule has 296 valence electrons. The lowest BCUT2D eigenvalue weighted by atomic mass is 9.91. The van der Waals surface area contributed by atoms with Gasteiger partial charge >= 0.3 is 0 Å². The van der Waals surface area contributed by atoms with E-state index in [1.807, 2.05) is 6.07 Å². The highest BCUT2D eigenvalue weighted by Gasteiger charge is 2.25. The molecular weight excluding hydrogens is 767 g/mol. The van der Waals surface area contributed by atoms with E-state index in [9.17, 15) is 0 Å². The molecule has 4 aromatic heterocycles. The van der Waals surface area contributed by atoms with Crippen LogP contribution in [-0.2, 0) is 6.42 Å². The van der Waals surface area contributed by atoms with E-state index in [2.05, 4.69) is 220 Å². The van der Waals surface area contributed by atoms with Crippen LogP contribution < -0.4 is 0 Å². The Hall–Kier alpha value is -8.28. The number of hydrogen-bond acceptors (Lipinski definition) is 2. The maximum absolute atomic E-state index is 5.45. The van der Waals surface area contributed by atoms with Gasteiger partial charge in [-0.25, -0.2) is 9.97 Å². The number of nitrogens with zero attached hydrogens (tertiary/aromatic N) is 5. The molecule has 0 atom stereocenters. The molecule has 5 heteroatoms. The second-order valence-corrected chi connectivity index (χ2v) is 16.5. The monoisotopic (exact) mass is 805 g/mol. The highest BCUT2D eigenvalue weighted by molar-refractivity contribution is 6.12. The maximum Gasteiger partial charge on any atom is 0.163 e. The van der Waals surface area contributed by atoms with Gasteiger partial charge in [0.05, 0.1) is 27.6 Å². The van der Waals surface area contributed by atoms with Crippen LogP contribution in [0.5, 0.6) is 0 Å². The summed E-state index contributed by atoms with van der Waals surface area (Å²) in [6, 6.07) is 74.0. The summed E-state index contributed by atoms with van der Waals surface area (Å²) < 4.78 is 7.13. The third-order valence-electron chi connectivity index (χ3n) is 13.0. The number of hydrogen-bond donors (Lipinski definition) is 0. The van der Waals surface area contributed by atoms with E-state index in [1.54, 1.807) is 0 Å². The van der Waals surface area contributed by atoms with Crippen molar-refractivity contribution in [1.29, 1.82) is 0 Å². The van der Waals surface area contributed by atoms with Crippen LogP contribution in [0.1, 0.15) is 23.2 Å². The van der Waals surface area contributed by atoms with E-state index < -0.39 is 0 Å². The summed E-state index contributed by atoms with van der Waals surface area (Å²) in [6.07, 6.45) is 4.24. The Labute approximate surface area is 364 Å². The molecule has 0 N–H and O–H groups in total. The van der Waals surface area contributed by atoms with Gasteiger partial charge in [0, 0.05) is 55.5 Å². The van der Waals surface area contributed by atoms with Gasteiger partial charge in [-0.1, -0.05) is 152 Å². The molecule has 4 heterocycles. The first kappa shape index (κ1) is 35.5. The third kappa shape index (κ3) is 5.63. The van der Waals surface area contributed by atoms with Gasteiger partial charge in [0.25, 0.3) is 0 Å². The van der Waals surface area contributed by atoms with E-state index in [-0.39, 0.29) is 0 Å². The first-order chi connectivity index (χ1) is 31.2. The van der Waals surface area contributed by atoms with Crippen molar-refractivity contribution in [1.82, 2.24) is 23.7 Å². The smallest absolute Gasteiger partial charge is 0.163 e. The maximum atomic E-state index is 5.45. The van der Waals surface area contributed by atoms with E-state index in [1.165, 1.54) is 71.5 Å². The number of allylic oxidation sites excluding steroid dienone is 1. The minimum Gasteiger partial charge on any atom is -0.309 e. The van der Waals surface area contributed by atoms with Crippen molar-refractivity contribution in [3.05, 3.63) is 223 Å². The topological polar surface area (TPSA) is 40.6 Å². The zero-order valence-corrected chi connectivity index (χ0v) is 34.4. The fraction of sp³-hybridized carbons (Fsp3) is 0.0345. The normalized spacial score (nSPS) is 12.7. The Morgan fingerprint density at radius 2 is 0.841 bits per heavy atom. The van der Waals surface area contributed by atoms with Crippen molar-refractivity contribution in [3.63, 3.8) is 0 Å². The number of para-hydroxylation sites is 3. The second kappa shape index (κ2) is 14.2. The van der Waals surface area contributed by atoms with Crippen molar-refractivity contribution >= 4 is 66.2 Å². The van der Waals surface area contributed by atoms with Crippen molar-refractivity contribution < 1.29 is 0 Å². The number of benzene rings is 8. The number of aromatic nitrogens is 5. The molecular formula is C58H39N5. The SMILES string of the molecule is C1=C(c2ccccc2)CCc2c1c1cc(-c3ccccc3)ccc1n2-c1cc(-n2c3ccccc3c3cc(-n4c5ccccc5c5ccccc54)ccc32)nc(-c2ccccc2)n1. The zero-order valence-electron chi connectivity index (χ0n) is 34.4. The molecule has 1 aliphatic rings. The van der Waals surface area contributed by atoms with Crippen LogP contribution in [0.4, 0.5) is 0 Å². The van der Waals surface area contributed by atoms with Crippen LogP contribution in [0.25, 0.3) is 106 Å².